The average molecular weight is 376 g/mol. The van der Waals surface area contributed by atoms with E-state index in [-0.39, 0.29) is 33.8 Å². The number of carbonyl (C=O) groups excluding carboxylic acids is 1. The van der Waals surface area contributed by atoms with E-state index in [0.717, 1.165) is 13.1 Å². The number of nitrogens with zero attached hydrogens (tertiary/aromatic N) is 3. The number of carbonyl (C=O) groups is 1. The number of nitrogens with one attached hydrogen (secondary N) is 3. The summed E-state index contributed by atoms with van der Waals surface area (Å²) in [5.41, 5.74) is 6.06. The molecule has 1 amide bonds. The van der Waals surface area contributed by atoms with Crippen LogP contribution in [0.2, 0.25) is 5.02 Å². The number of aromatic nitrogens is 3. The molecule has 2 aliphatic heterocycles. The number of rotatable bonds is 2. The molecular formula is C16H18ClN7O2. The minimum absolute atomic E-state index is 0.119. The first kappa shape index (κ1) is 16.8. The maximum atomic E-state index is 13.2. The molecule has 0 saturated carbocycles. The first-order valence-corrected chi connectivity index (χ1v) is 8.64. The summed E-state index contributed by atoms with van der Waals surface area (Å²) in [7, 11) is 0. The van der Waals surface area contributed by atoms with Crippen LogP contribution in [0.25, 0.3) is 0 Å². The Morgan fingerprint density at radius 3 is 2.77 bits per heavy atom. The fourth-order valence-electron chi connectivity index (χ4n) is 3.64. The normalized spacial score (nSPS) is 17.8. The lowest BCUT2D eigenvalue weighted by Gasteiger charge is -2.35. The van der Waals surface area contributed by atoms with Crippen molar-refractivity contribution in [3.8, 4) is 0 Å². The van der Waals surface area contributed by atoms with Crippen LogP contribution in [0.15, 0.2) is 17.2 Å². The molecule has 10 heteroatoms. The summed E-state index contributed by atoms with van der Waals surface area (Å²) in [4.78, 5) is 33.6. The number of fused-ring (bicyclic) bond motifs is 2. The molecule has 1 spiro atoms. The number of hydrogen-bond donors (Lipinski definition) is 4. The van der Waals surface area contributed by atoms with E-state index < -0.39 is 5.66 Å². The Morgan fingerprint density at radius 2 is 2.04 bits per heavy atom. The van der Waals surface area contributed by atoms with Gasteiger partial charge >= 0.3 is 0 Å². The highest BCUT2D eigenvalue weighted by Crippen LogP contribution is 2.33. The molecule has 0 aromatic carbocycles. The predicted molar refractivity (Wildman–Crippen MR) is 97.7 cm³/mol. The number of nitrogen functional groups attached to an aromatic ring is 1. The maximum Gasteiger partial charge on any atom is 0.276 e. The number of piperidine rings is 1. The Bertz CT molecular complexity index is 966. The molecule has 26 heavy (non-hydrogen) atoms. The summed E-state index contributed by atoms with van der Waals surface area (Å²) in [6.45, 7) is 3.24. The summed E-state index contributed by atoms with van der Waals surface area (Å²) in [5.74, 6) is 0.138. The van der Waals surface area contributed by atoms with E-state index in [9.17, 15) is 9.59 Å². The predicted octanol–water partition coefficient (Wildman–Crippen LogP) is 0.706. The second-order valence-electron chi connectivity index (χ2n) is 6.51. The molecular weight excluding hydrogens is 358 g/mol. The molecule has 136 valence electrons. The minimum atomic E-state index is -0.703. The molecule has 1 fully saturated rings. The van der Waals surface area contributed by atoms with E-state index >= 15 is 0 Å². The van der Waals surface area contributed by atoms with Crippen molar-refractivity contribution in [1.82, 2.24) is 25.2 Å². The Morgan fingerprint density at radius 1 is 1.31 bits per heavy atom. The van der Waals surface area contributed by atoms with Crippen molar-refractivity contribution in [2.75, 3.05) is 24.1 Å². The van der Waals surface area contributed by atoms with Crippen LogP contribution in [-0.4, -0.2) is 33.5 Å². The first-order chi connectivity index (χ1) is 12.4. The SMILES string of the molecule is Cc1cc(Nc2ncnc(N)c2Cl)c(=O)n2c1C(=O)NC21CCNCC1. The summed E-state index contributed by atoms with van der Waals surface area (Å²) in [5, 5.41) is 9.34. The van der Waals surface area contributed by atoms with E-state index in [4.69, 9.17) is 17.3 Å². The Hall–Kier alpha value is -2.65. The van der Waals surface area contributed by atoms with Gasteiger partial charge in [-0.1, -0.05) is 11.6 Å². The highest BCUT2D eigenvalue weighted by atomic mass is 35.5. The van der Waals surface area contributed by atoms with Crippen LogP contribution in [0.4, 0.5) is 17.3 Å². The number of hydrogen-bond acceptors (Lipinski definition) is 7. The van der Waals surface area contributed by atoms with Crippen molar-refractivity contribution in [2.45, 2.75) is 25.4 Å². The van der Waals surface area contributed by atoms with Crippen LogP contribution >= 0.6 is 11.6 Å². The summed E-state index contributed by atoms with van der Waals surface area (Å²) in [6, 6.07) is 1.63. The van der Waals surface area contributed by atoms with Gasteiger partial charge in [-0.05, 0) is 31.6 Å². The maximum absolute atomic E-state index is 13.2. The molecule has 0 unspecified atom stereocenters. The monoisotopic (exact) mass is 375 g/mol. The lowest BCUT2D eigenvalue weighted by Crippen LogP contribution is -2.53. The average Bonchev–Trinajstić information content (AvgIpc) is 2.89. The van der Waals surface area contributed by atoms with Gasteiger partial charge in [0.15, 0.2) is 5.82 Å². The number of halogens is 1. The zero-order valence-corrected chi connectivity index (χ0v) is 14.9. The van der Waals surface area contributed by atoms with Crippen molar-refractivity contribution in [3.05, 3.63) is 39.0 Å². The van der Waals surface area contributed by atoms with Crippen molar-refractivity contribution >= 4 is 34.8 Å². The zero-order valence-electron chi connectivity index (χ0n) is 14.1. The molecule has 9 nitrogen and oxygen atoms in total. The van der Waals surface area contributed by atoms with Crippen LogP contribution in [-0.2, 0) is 5.66 Å². The Labute approximate surface area is 154 Å². The summed E-state index contributed by atoms with van der Waals surface area (Å²) in [6.07, 6.45) is 2.53. The van der Waals surface area contributed by atoms with Gasteiger partial charge < -0.3 is 21.7 Å². The topological polar surface area (TPSA) is 127 Å². The lowest BCUT2D eigenvalue weighted by molar-refractivity contribution is 0.0886. The number of aryl methyl sites for hydroxylation is 1. The van der Waals surface area contributed by atoms with Crippen LogP contribution < -0.4 is 27.2 Å². The molecule has 0 atom stereocenters. The van der Waals surface area contributed by atoms with E-state index in [1.807, 2.05) is 0 Å². The van der Waals surface area contributed by atoms with Gasteiger partial charge in [-0.25, -0.2) is 9.97 Å². The summed E-state index contributed by atoms with van der Waals surface area (Å²) >= 11 is 6.12. The van der Waals surface area contributed by atoms with Gasteiger partial charge in [-0.15, -0.1) is 0 Å². The number of pyridine rings is 1. The van der Waals surface area contributed by atoms with Crippen molar-refractivity contribution < 1.29 is 4.79 Å². The van der Waals surface area contributed by atoms with Crippen molar-refractivity contribution in [1.29, 1.82) is 0 Å². The van der Waals surface area contributed by atoms with Crippen LogP contribution in [0.3, 0.4) is 0 Å². The van der Waals surface area contributed by atoms with Gasteiger partial charge in [0.25, 0.3) is 11.5 Å². The van der Waals surface area contributed by atoms with Crippen LogP contribution in [0.1, 0.15) is 28.9 Å². The van der Waals surface area contributed by atoms with Crippen LogP contribution in [0, 0.1) is 6.92 Å². The highest BCUT2D eigenvalue weighted by Gasteiger charge is 2.45. The number of anilines is 3. The first-order valence-electron chi connectivity index (χ1n) is 8.26. The lowest BCUT2D eigenvalue weighted by atomic mass is 9.98. The summed E-state index contributed by atoms with van der Waals surface area (Å²) < 4.78 is 1.58. The molecule has 4 heterocycles. The molecule has 0 radical (unpaired) electrons. The quantitative estimate of drug-likeness (QED) is 0.608. The van der Waals surface area contributed by atoms with E-state index in [2.05, 4.69) is 25.9 Å². The standard InChI is InChI=1S/C16H18ClN7O2/c1-8-6-9(22-13-10(17)12(18)20-7-21-13)15(26)24-11(8)14(25)23-16(24)2-4-19-5-3-16/h6-7,19H,2-5H2,1H3,(H,23,25)(H3,18,20,21,22). The molecule has 2 aliphatic rings. The fourth-order valence-corrected chi connectivity index (χ4v) is 3.78. The molecule has 0 aliphatic carbocycles. The third kappa shape index (κ3) is 2.43. The number of nitrogens with two attached hydrogens (primary N) is 1. The molecule has 1 saturated heterocycles. The van der Waals surface area contributed by atoms with Gasteiger partial charge in [0.05, 0.1) is 0 Å². The molecule has 0 bridgehead atoms. The largest absolute Gasteiger partial charge is 0.382 e. The highest BCUT2D eigenvalue weighted by molar-refractivity contribution is 6.35. The molecule has 2 aromatic heterocycles. The van der Waals surface area contributed by atoms with Crippen molar-refractivity contribution in [3.63, 3.8) is 0 Å². The van der Waals surface area contributed by atoms with Gasteiger partial charge in [-0.2, -0.15) is 0 Å². The van der Waals surface area contributed by atoms with Gasteiger partial charge in [0, 0.05) is 12.8 Å². The zero-order chi connectivity index (χ0) is 18.5. The van der Waals surface area contributed by atoms with Crippen LogP contribution in [0.5, 0.6) is 0 Å². The van der Waals surface area contributed by atoms with Gasteiger partial charge in [0.1, 0.15) is 34.2 Å². The number of amides is 1. The third-order valence-corrected chi connectivity index (χ3v) is 5.25. The Balaban J connectivity index is 1.86. The van der Waals surface area contributed by atoms with Gasteiger partial charge in [0.2, 0.25) is 0 Å². The third-order valence-electron chi connectivity index (χ3n) is 4.88. The van der Waals surface area contributed by atoms with E-state index in [1.165, 1.54) is 6.33 Å². The van der Waals surface area contributed by atoms with E-state index in [0.29, 0.717) is 24.1 Å². The molecule has 5 N–H and O–H groups in total. The smallest absolute Gasteiger partial charge is 0.276 e. The Kier molecular flexibility index (Phi) is 3.85. The molecule has 2 aromatic rings. The minimum Gasteiger partial charge on any atom is -0.382 e. The van der Waals surface area contributed by atoms with Gasteiger partial charge in [-0.3, -0.25) is 14.2 Å². The molecule has 4 rings (SSSR count). The second-order valence-corrected chi connectivity index (χ2v) is 6.89. The van der Waals surface area contributed by atoms with E-state index in [1.54, 1.807) is 17.6 Å². The fraction of sp³-hybridized carbons (Fsp3) is 0.375. The second kappa shape index (κ2) is 5.96. The van der Waals surface area contributed by atoms with Crippen molar-refractivity contribution in [2.24, 2.45) is 0 Å².